The zero-order chi connectivity index (χ0) is 16.1. The van der Waals surface area contributed by atoms with Gasteiger partial charge in [-0.05, 0) is 36.6 Å². The Balaban J connectivity index is 2.03. The third-order valence-corrected chi connectivity index (χ3v) is 3.70. The molecule has 120 valence electrons. The van der Waals surface area contributed by atoms with Gasteiger partial charge < -0.3 is 14.6 Å². The fraction of sp³-hybridized carbons (Fsp3) is 0.471. The zero-order valence-electron chi connectivity index (χ0n) is 12.8. The number of carboxylic acids is 1. The van der Waals surface area contributed by atoms with Crippen LogP contribution in [0.15, 0.2) is 30.0 Å². The van der Waals surface area contributed by atoms with Crippen molar-refractivity contribution < 1.29 is 19.4 Å². The number of carboxylic acid groups (broad SMARTS) is 1. The molecule has 1 aromatic rings. The second-order valence-electron chi connectivity index (χ2n) is 5.81. The first-order valence-corrected chi connectivity index (χ1v) is 7.83. The first-order valence-electron chi connectivity index (χ1n) is 7.45. The van der Waals surface area contributed by atoms with Crippen LogP contribution in [0.25, 0.3) is 0 Å². The number of ether oxygens (including phenoxy) is 2. The van der Waals surface area contributed by atoms with E-state index in [-0.39, 0.29) is 0 Å². The van der Waals surface area contributed by atoms with E-state index in [4.69, 9.17) is 26.2 Å². The lowest BCUT2D eigenvalue weighted by Gasteiger charge is -2.14. The molecule has 0 radical (unpaired) electrons. The van der Waals surface area contributed by atoms with Gasteiger partial charge in [-0.3, -0.25) is 0 Å². The van der Waals surface area contributed by atoms with E-state index in [0.717, 1.165) is 17.7 Å². The molecule has 0 fully saturated rings. The fourth-order valence-corrected chi connectivity index (χ4v) is 2.40. The van der Waals surface area contributed by atoms with Gasteiger partial charge in [-0.25, -0.2) is 4.79 Å². The lowest BCUT2D eigenvalue weighted by Crippen LogP contribution is -2.19. The topological polar surface area (TPSA) is 55.8 Å². The van der Waals surface area contributed by atoms with Gasteiger partial charge in [0.15, 0.2) is 6.10 Å². The number of aliphatic carboxylic acids is 1. The van der Waals surface area contributed by atoms with Crippen LogP contribution in [0, 0.1) is 5.92 Å². The van der Waals surface area contributed by atoms with Gasteiger partial charge in [-0.15, -0.1) is 0 Å². The molecule has 5 heteroatoms. The van der Waals surface area contributed by atoms with Gasteiger partial charge in [0, 0.05) is 23.4 Å². The molecule has 0 saturated carbocycles. The van der Waals surface area contributed by atoms with Crippen LogP contribution in [0.4, 0.5) is 0 Å². The van der Waals surface area contributed by atoms with Crippen LogP contribution in [0.2, 0.25) is 5.02 Å². The zero-order valence-corrected chi connectivity index (χ0v) is 13.6. The van der Waals surface area contributed by atoms with E-state index in [0.29, 0.717) is 36.1 Å². The van der Waals surface area contributed by atoms with Crippen molar-refractivity contribution in [2.75, 3.05) is 6.61 Å². The Morgan fingerprint density at radius 2 is 2.27 bits per heavy atom. The summed E-state index contributed by atoms with van der Waals surface area (Å²) in [5.41, 5.74) is 0.911. The number of allylic oxidation sites excluding steroid dienone is 1. The molecule has 1 atom stereocenters. The molecule has 0 saturated heterocycles. The Morgan fingerprint density at radius 3 is 2.91 bits per heavy atom. The van der Waals surface area contributed by atoms with Gasteiger partial charge in [0.1, 0.15) is 5.75 Å². The number of benzene rings is 1. The third kappa shape index (κ3) is 4.67. The van der Waals surface area contributed by atoms with Crippen molar-refractivity contribution in [2.24, 2.45) is 5.92 Å². The van der Waals surface area contributed by atoms with Crippen LogP contribution in [0.1, 0.15) is 32.3 Å². The van der Waals surface area contributed by atoms with Crippen molar-refractivity contribution in [2.45, 2.75) is 39.2 Å². The molecule has 0 amide bonds. The molecule has 0 bridgehead atoms. The van der Waals surface area contributed by atoms with Crippen LogP contribution in [-0.4, -0.2) is 23.8 Å². The maximum absolute atomic E-state index is 10.9. The third-order valence-electron chi connectivity index (χ3n) is 3.47. The summed E-state index contributed by atoms with van der Waals surface area (Å²) >= 11 is 6.06. The molecule has 0 spiro atoms. The second kappa shape index (κ2) is 7.54. The Bertz CT molecular complexity index is 566. The molecule has 4 nitrogen and oxygen atoms in total. The summed E-state index contributed by atoms with van der Waals surface area (Å²) in [6.07, 6.45) is 2.90. The Kier molecular flexibility index (Phi) is 5.72. The fourth-order valence-electron chi connectivity index (χ4n) is 2.20. The predicted molar refractivity (Wildman–Crippen MR) is 85.3 cm³/mol. The van der Waals surface area contributed by atoms with E-state index in [9.17, 15) is 4.79 Å². The lowest BCUT2D eigenvalue weighted by molar-refractivity contribution is -0.146. The molecule has 1 heterocycles. The summed E-state index contributed by atoms with van der Waals surface area (Å²) in [6, 6.07) is 5.48. The smallest absolute Gasteiger partial charge is 0.345 e. The lowest BCUT2D eigenvalue weighted by atomic mass is 10.1. The van der Waals surface area contributed by atoms with E-state index >= 15 is 0 Å². The Labute approximate surface area is 135 Å². The molecular weight excluding hydrogens is 304 g/mol. The monoisotopic (exact) mass is 324 g/mol. The van der Waals surface area contributed by atoms with E-state index < -0.39 is 12.1 Å². The average molecular weight is 325 g/mol. The number of hydrogen-bond donors (Lipinski definition) is 1. The van der Waals surface area contributed by atoms with E-state index in [1.165, 1.54) is 0 Å². The molecule has 0 aromatic heterocycles. The van der Waals surface area contributed by atoms with Crippen LogP contribution >= 0.6 is 11.6 Å². The van der Waals surface area contributed by atoms with Gasteiger partial charge in [0.2, 0.25) is 0 Å². The van der Waals surface area contributed by atoms with Crippen molar-refractivity contribution >= 4 is 17.6 Å². The summed E-state index contributed by atoms with van der Waals surface area (Å²) < 4.78 is 11.3. The van der Waals surface area contributed by atoms with E-state index in [2.05, 4.69) is 13.8 Å². The van der Waals surface area contributed by atoms with Crippen molar-refractivity contribution in [1.29, 1.82) is 0 Å². The minimum atomic E-state index is -0.939. The quantitative estimate of drug-likeness (QED) is 0.821. The Morgan fingerprint density at radius 1 is 1.50 bits per heavy atom. The first-order chi connectivity index (χ1) is 10.5. The van der Waals surface area contributed by atoms with Gasteiger partial charge in [0.25, 0.3) is 0 Å². The van der Waals surface area contributed by atoms with Crippen LogP contribution in [-0.2, 0) is 16.0 Å². The van der Waals surface area contributed by atoms with Crippen molar-refractivity contribution in [3.8, 4) is 5.75 Å². The molecule has 0 aliphatic carbocycles. The number of halogens is 1. The van der Waals surface area contributed by atoms with Gasteiger partial charge in [-0.1, -0.05) is 25.4 Å². The number of hydrogen-bond acceptors (Lipinski definition) is 3. The summed E-state index contributed by atoms with van der Waals surface area (Å²) in [7, 11) is 0. The van der Waals surface area contributed by atoms with Crippen LogP contribution < -0.4 is 4.74 Å². The molecular formula is C17H21ClO4. The normalized spacial score (nSPS) is 17.3. The maximum Gasteiger partial charge on any atom is 0.345 e. The SMILES string of the molecule is CC(C)CCOc1ccc(Cl)cc1CC1=CCC(C(=O)O)O1. The van der Waals surface area contributed by atoms with Crippen molar-refractivity contribution in [1.82, 2.24) is 0 Å². The summed E-state index contributed by atoms with van der Waals surface area (Å²) in [5.74, 6) is 1.07. The molecule has 1 aromatic carbocycles. The summed E-state index contributed by atoms with van der Waals surface area (Å²) in [5, 5.41) is 9.58. The largest absolute Gasteiger partial charge is 0.493 e. The minimum Gasteiger partial charge on any atom is -0.493 e. The molecule has 1 N–H and O–H groups in total. The van der Waals surface area contributed by atoms with E-state index in [1.54, 1.807) is 6.07 Å². The number of carbonyl (C=O) groups is 1. The highest BCUT2D eigenvalue weighted by molar-refractivity contribution is 6.30. The molecule has 2 rings (SSSR count). The van der Waals surface area contributed by atoms with E-state index in [1.807, 2.05) is 18.2 Å². The van der Waals surface area contributed by atoms with Gasteiger partial charge in [0.05, 0.1) is 12.4 Å². The minimum absolute atomic E-state index is 0.398. The molecule has 22 heavy (non-hydrogen) atoms. The average Bonchev–Trinajstić information content (AvgIpc) is 2.89. The predicted octanol–water partition coefficient (Wildman–Crippen LogP) is 4.06. The van der Waals surface area contributed by atoms with Crippen LogP contribution in [0.5, 0.6) is 5.75 Å². The highest BCUT2D eigenvalue weighted by Crippen LogP contribution is 2.29. The summed E-state index contributed by atoms with van der Waals surface area (Å²) in [4.78, 5) is 10.9. The molecule has 1 aliphatic heterocycles. The molecule has 1 unspecified atom stereocenters. The first kappa shape index (κ1) is 16.7. The number of rotatable bonds is 7. The summed E-state index contributed by atoms with van der Waals surface area (Å²) in [6.45, 7) is 4.94. The van der Waals surface area contributed by atoms with Crippen molar-refractivity contribution in [3.63, 3.8) is 0 Å². The highest BCUT2D eigenvalue weighted by atomic mass is 35.5. The highest BCUT2D eigenvalue weighted by Gasteiger charge is 2.25. The second-order valence-corrected chi connectivity index (χ2v) is 6.25. The van der Waals surface area contributed by atoms with Crippen LogP contribution in [0.3, 0.4) is 0 Å². The van der Waals surface area contributed by atoms with Gasteiger partial charge in [-0.2, -0.15) is 0 Å². The maximum atomic E-state index is 10.9. The molecule has 1 aliphatic rings. The van der Waals surface area contributed by atoms with Gasteiger partial charge >= 0.3 is 5.97 Å². The standard InChI is InChI=1S/C17H21ClO4/c1-11(2)7-8-21-15-5-3-13(18)9-12(15)10-14-4-6-16(22-14)17(19)20/h3-5,9,11,16H,6-8,10H2,1-2H3,(H,19,20). The van der Waals surface area contributed by atoms with Crippen molar-refractivity contribution in [3.05, 3.63) is 40.6 Å². The Hall–Kier alpha value is -1.68.